The molecule has 0 aromatic heterocycles. The van der Waals surface area contributed by atoms with Gasteiger partial charge in [0.25, 0.3) is 0 Å². The summed E-state index contributed by atoms with van der Waals surface area (Å²) in [5.74, 6) is 0.188. The highest BCUT2D eigenvalue weighted by Gasteiger charge is 2.34. The molecule has 1 aliphatic carbocycles. The Morgan fingerprint density at radius 1 is 1.11 bits per heavy atom. The number of sulfonamides is 1. The van der Waals surface area contributed by atoms with Crippen molar-refractivity contribution < 1.29 is 27.8 Å². The van der Waals surface area contributed by atoms with Crippen LogP contribution in [0.2, 0.25) is 10.0 Å². The lowest BCUT2D eigenvalue weighted by molar-refractivity contribution is 0.0641. The third-order valence-electron chi connectivity index (χ3n) is 7.08. The number of aliphatic hydroxyl groups is 1. The summed E-state index contributed by atoms with van der Waals surface area (Å²) in [5.41, 5.74) is 0.885. The number of benzene rings is 2. The molecule has 0 spiro atoms. The standard InChI is InChI=1S/C27H34Cl2N2O6S/c28-23-11-10-22(15-24(23)29)38(34,35)31(16-20-8-4-5-9-20)17-26(32)25(14-19-6-2-1-3-7-19)30-27(33)37-21-12-13-36-18-21/h1-3,6-7,10-11,15,20-21,25-26,32H,4-5,8-9,12-14,16-18H2,(H,30,33)/t21-,25+,26-/m1/s1. The fourth-order valence-electron chi connectivity index (χ4n) is 4.97. The molecule has 4 rings (SSSR count). The summed E-state index contributed by atoms with van der Waals surface area (Å²) in [5, 5.41) is 14.5. The zero-order valence-electron chi connectivity index (χ0n) is 21.1. The van der Waals surface area contributed by atoms with E-state index in [2.05, 4.69) is 5.32 Å². The Morgan fingerprint density at radius 2 is 1.84 bits per heavy atom. The van der Waals surface area contributed by atoms with Crippen molar-refractivity contribution in [1.82, 2.24) is 9.62 Å². The number of rotatable bonds is 11. The zero-order chi connectivity index (χ0) is 27.1. The molecule has 2 aromatic rings. The quantitative estimate of drug-likeness (QED) is 0.398. The minimum absolute atomic E-state index is 0.00492. The monoisotopic (exact) mass is 584 g/mol. The molecule has 2 fully saturated rings. The smallest absolute Gasteiger partial charge is 0.407 e. The van der Waals surface area contributed by atoms with E-state index in [0.29, 0.717) is 26.1 Å². The normalized spacial score (nSPS) is 19.9. The molecule has 0 radical (unpaired) electrons. The lowest BCUT2D eigenvalue weighted by atomic mass is 10.0. The van der Waals surface area contributed by atoms with Gasteiger partial charge in [-0.3, -0.25) is 0 Å². The molecule has 0 unspecified atom stereocenters. The first kappa shape index (κ1) is 29.1. The van der Waals surface area contributed by atoms with Gasteiger partial charge in [-0.05, 0) is 48.9 Å². The highest BCUT2D eigenvalue weighted by molar-refractivity contribution is 7.89. The second-order valence-electron chi connectivity index (χ2n) is 9.95. The van der Waals surface area contributed by atoms with Gasteiger partial charge in [0.1, 0.15) is 6.10 Å². The van der Waals surface area contributed by atoms with Gasteiger partial charge in [-0.1, -0.05) is 66.4 Å². The molecule has 1 amide bonds. The first-order valence-electron chi connectivity index (χ1n) is 12.9. The molecule has 208 valence electrons. The number of alkyl carbamates (subject to hydrolysis) is 1. The molecule has 2 aliphatic rings. The first-order chi connectivity index (χ1) is 18.2. The number of nitrogens with one attached hydrogen (secondary N) is 1. The van der Waals surface area contributed by atoms with Crippen LogP contribution in [0.4, 0.5) is 4.79 Å². The molecule has 11 heteroatoms. The Bertz CT molecular complexity index is 1170. The SMILES string of the molecule is O=C(N[C@@H](Cc1ccccc1)[C@H](O)CN(CC1CCCC1)S(=O)(=O)c1ccc(Cl)c(Cl)c1)O[C@@H]1CCOC1. The average molecular weight is 586 g/mol. The van der Waals surface area contributed by atoms with Crippen molar-refractivity contribution in [1.29, 1.82) is 0 Å². The number of carbonyl (C=O) groups excluding carboxylic acids is 1. The minimum Gasteiger partial charge on any atom is -0.444 e. The first-order valence-corrected chi connectivity index (χ1v) is 15.1. The summed E-state index contributed by atoms with van der Waals surface area (Å²) >= 11 is 12.2. The van der Waals surface area contributed by atoms with Crippen LogP contribution in [0.3, 0.4) is 0 Å². The Balaban J connectivity index is 1.55. The number of ether oxygens (including phenoxy) is 2. The van der Waals surface area contributed by atoms with Crippen molar-refractivity contribution in [2.24, 2.45) is 5.92 Å². The molecule has 1 saturated heterocycles. The minimum atomic E-state index is -4.01. The number of hydrogen-bond acceptors (Lipinski definition) is 6. The van der Waals surface area contributed by atoms with Gasteiger partial charge in [0, 0.05) is 19.5 Å². The Labute approximate surface area is 234 Å². The summed E-state index contributed by atoms with van der Waals surface area (Å²) < 4.78 is 39.5. The van der Waals surface area contributed by atoms with Crippen LogP contribution in [-0.2, 0) is 25.9 Å². The molecule has 38 heavy (non-hydrogen) atoms. The van der Waals surface area contributed by atoms with Gasteiger partial charge in [-0.15, -0.1) is 0 Å². The maximum absolute atomic E-state index is 13.7. The molecular formula is C27H34Cl2N2O6S. The van der Waals surface area contributed by atoms with Crippen LogP contribution in [0.25, 0.3) is 0 Å². The van der Waals surface area contributed by atoms with E-state index in [9.17, 15) is 18.3 Å². The van der Waals surface area contributed by atoms with Gasteiger partial charge < -0.3 is 19.9 Å². The fourth-order valence-corrected chi connectivity index (χ4v) is 6.89. The average Bonchev–Trinajstić information content (AvgIpc) is 3.60. The van der Waals surface area contributed by atoms with Crippen LogP contribution in [0.15, 0.2) is 53.4 Å². The number of halogens is 2. The van der Waals surface area contributed by atoms with E-state index in [1.807, 2.05) is 30.3 Å². The highest BCUT2D eigenvalue weighted by atomic mass is 35.5. The molecule has 8 nitrogen and oxygen atoms in total. The lowest BCUT2D eigenvalue weighted by Crippen LogP contribution is -2.51. The van der Waals surface area contributed by atoms with E-state index in [1.54, 1.807) is 0 Å². The maximum Gasteiger partial charge on any atom is 0.407 e. The number of hydrogen-bond donors (Lipinski definition) is 2. The summed E-state index contributed by atoms with van der Waals surface area (Å²) in [6.07, 6.45) is 2.61. The van der Waals surface area contributed by atoms with Gasteiger partial charge in [0.2, 0.25) is 10.0 Å². The predicted octanol–water partition coefficient (Wildman–Crippen LogP) is 4.66. The van der Waals surface area contributed by atoms with Gasteiger partial charge >= 0.3 is 6.09 Å². The number of nitrogens with zero attached hydrogens (tertiary/aromatic N) is 1. The van der Waals surface area contributed by atoms with Crippen LogP contribution < -0.4 is 5.32 Å². The third kappa shape index (κ3) is 7.83. The van der Waals surface area contributed by atoms with Crippen LogP contribution >= 0.6 is 23.2 Å². The summed E-state index contributed by atoms with van der Waals surface area (Å²) in [6, 6.07) is 12.8. The molecule has 2 N–H and O–H groups in total. The second kappa shape index (κ2) is 13.5. The van der Waals surface area contributed by atoms with Crippen molar-refractivity contribution in [3.63, 3.8) is 0 Å². The van der Waals surface area contributed by atoms with Crippen molar-refractivity contribution in [2.75, 3.05) is 26.3 Å². The Kier molecular flexibility index (Phi) is 10.3. The van der Waals surface area contributed by atoms with E-state index in [4.69, 9.17) is 32.7 Å². The van der Waals surface area contributed by atoms with E-state index in [1.165, 1.54) is 22.5 Å². The topological polar surface area (TPSA) is 105 Å². The molecular weight excluding hydrogens is 551 g/mol. The number of carbonyl (C=O) groups is 1. The van der Waals surface area contributed by atoms with Gasteiger partial charge in [0.15, 0.2) is 0 Å². The molecule has 1 aliphatic heterocycles. The predicted molar refractivity (Wildman–Crippen MR) is 146 cm³/mol. The van der Waals surface area contributed by atoms with Crippen LogP contribution in [0, 0.1) is 5.92 Å². The van der Waals surface area contributed by atoms with E-state index in [-0.39, 0.29) is 40.1 Å². The Hall–Kier alpha value is -1.88. The fraction of sp³-hybridized carbons (Fsp3) is 0.519. The summed E-state index contributed by atoms with van der Waals surface area (Å²) in [7, 11) is -4.01. The lowest BCUT2D eigenvalue weighted by Gasteiger charge is -2.31. The second-order valence-corrected chi connectivity index (χ2v) is 12.7. The van der Waals surface area contributed by atoms with E-state index in [0.717, 1.165) is 31.2 Å². The summed E-state index contributed by atoms with van der Waals surface area (Å²) in [4.78, 5) is 12.7. The largest absolute Gasteiger partial charge is 0.444 e. The number of aliphatic hydroxyl groups excluding tert-OH is 1. The van der Waals surface area contributed by atoms with Crippen molar-refractivity contribution in [2.45, 2.75) is 61.7 Å². The molecule has 1 saturated carbocycles. The van der Waals surface area contributed by atoms with Crippen molar-refractivity contribution in [3.05, 3.63) is 64.1 Å². The summed E-state index contributed by atoms with van der Waals surface area (Å²) in [6.45, 7) is 0.915. The van der Waals surface area contributed by atoms with Crippen LogP contribution in [-0.4, -0.2) is 68.5 Å². The molecule has 0 bridgehead atoms. The Morgan fingerprint density at radius 3 is 2.50 bits per heavy atom. The van der Waals surface area contributed by atoms with Gasteiger partial charge in [-0.25, -0.2) is 13.2 Å². The molecule has 1 heterocycles. The van der Waals surface area contributed by atoms with Gasteiger partial charge in [-0.2, -0.15) is 4.31 Å². The van der Waals surface area contributed by atoms with E-state index < -0.39 is 28.3 Å². The third-order valence-corrected chi connectivity index (χ3v) is 9.65. The molecule has 2 aromatic carbocycles. The zero-order valence-corrected chi connectivity index (χ0v) is 23.4. The van der Waals surface area contributed by atoms with Crippen molar-refractivity contribution >= 4 is 39.3 Å². The number of amides is 1. The highest BCUT2D eigenvalue weighted by Crippen LogP contribution is 2.30. The van der Waals surface area contributed by atoms with Crippen LogP contribution in [0.1, 0.15) is 37.7 Å². The maximum atomic E-state index is 13.7. The van der Waals surface area contributed by atoms with Gasteiger partial charge in [0.05, 0.1) is 40.3 Å². The van der Waals surface area contributed by atoms with Crippen LogP contribution in [0.5, 0.6) is 0 Å². The van der Waals surface area contributed by atoms with Crippen molar-refractivity contribution in [3.8, 4) is 0 Å². The van der Waals surface area contributed by atoms with E-state index >= 15 is 0 Å². The molecule has 3 atom stereocenters.